The van der Waals surface area contributed by atoms with Crippen LogP contribution in [-0.4, -0.2) is 54.0 Å². The Morgan fingerprint density at radius 1 is 0.905 bits per heavy atom. The molecule has 0 spiro atoms. The lowest BCUT2D eigenvalue weighted by Gasteiger charge is -2.34. The predicted molar refractivity (Wildman–Crippen MR) is 161 cm³/mol. The van der Waals surface area contributed by atoms with E-state index >= 15 is 0 Å². The van der Waals surface area contributed by atoms with Crippen LogP contribution in [0.15, 0.2) is 77.7 Å². The van der Waals surface area contributed by atoms with Crippen molar-refractivity contribution in [3.8, 4) is 0 Å². The van der Waals surface area contributed by atoms with Gasteiger partial charge in [-0.25, -0.2) is 12.7 Å². The maximum Gasteiger partial charge on any atom is 0.269 e. The van der Waals surface area contributed by atoms with Gasteiger partial charge in [0.1, 0.15) is 17.5 Å². The van der Waals surface area contributed by atoms with Crippen LogP contribution >= 0.6 is 23.2 Å². The first-order valence-electron chi connectivity index (χ1n) is 13.9. The zero-order chi connectivity index (χ0) is 29.9. The number of amides is 3. The van der Waals surface area contributed by atoms with Crippen molar-refractivity contribution in [3.05, 3.63) is 99.5 Å². The summed E-state index contributed by atoms with van der Waals surface area (Å²) < 4.78 is 27.1. The quantitative estimate of drug-likeness (QED) is 0.350. The third-order valence-corrected chi connectivity index (χ3v) is 10.3. The van der Waals surface area contributed by atoms with E-state index in [0.29, 0.717) is 14.9 Å². The third-order valence-electron chi connectivity index (χ3n) is 7.75. The standard InChI is InChI=1S/C31H31Cl2N3O5S/c32-25-16-15-22(17-26(25)33)19-35(29(37)20-36-31(39)24-13-7-8-14-28(24)42(36,40)41)27(18-21-9-3-1-4-10-21)30(38)34-23-11-5-2-6-12-23/h1,3-4,7-10,13-17,23,27H,2,5-6,11-12,18-20H2,(H,34,38). The summed E-state index contributed by atoms with van der Waals surface area (Å²) in [4.78, 5) is 42.4. The highest BCUT2D eigenvalue weighted by Crippen LogP contribution is 2.31. The van der Waals surface area contributed by atoms with E-state index in [2.05, 4.69) is 5.32 Å². The van der Waals surface area contributed by atoms with Crippen molar-refractivity contribution in [1.82, 2.24) is 14.5 Å². The molecule has 1 aliphatic carbocycles. The maximum absolute atomic E-state index is 14.1. The minimum absolute atomic E-state index is 0.0113. The molecule has 0 bridgehead atoms. The summed E-state index contributed by atoms with van der Waals surface area (Å²) in [5.74, 6) is -1.80. The van der Waals surface area contributed by atoms with Crippen molar-refractivity contribution in [1.29, 1.82) is 0 Å². The average molecular weight is 629 g/mol. The van der Waals surface area contributed by atoms with Crippen LogP contribution < -0.4 is 5.32 Å². The van der Waals surface area contributed by atoms with Crippen molar-refractivity contribution in [2.45, 2.75) is 62.0 Å². The SMILES string of the molecule is O=C(NC1CCCCC1)C(Cc1ccccc1)N(Cc1ccc(Cl)c(Cl)c1)C(=O)CN1C(=O)c2ccccc2S1(=O)=O. The van der Waals surface area contributed by atoms with Gasteiger partial charge in [0.2, 0.25) is 11.8 Å². The van der Waals surface area contributed by atoms with Crippen molar-refractivity contribution in [2.24, 2.45) is 0 Å². The van der Waals surface area contributed by atoms with Crippen LogP contribution in [0.25, 0.3) is 0 Å². The van der Waals surface area contributed by atoms with Crippen LogP contribution in [0.5, 0.6) is 0 Å². The summed E-state index contributed by atoms with van der Waals surface area (Å²) in [5, 5.41) is 3.75. The van der Waals surface area contributed by atoms with Gasteiger partial charge in [-0.2, -0.15) is 0 Å². The normalized spacial score (nSPS) is 17.0. The fourth-order valence-corrected chi connectivity index (χ4v) is 7.37. The maximum atomic E-state index is 14.1. The molecule has 1 N–H and O–H groups in total. The van der Waals surface area contributed by atoms with Gasteiger partial charge in [0, 0.05) is 19.0 Å². The van der Waals surface area contributed by atoms with E-state index in [0.717, 1.165) is 37.7 Å². The summed E-state index contributed by atoms with van der Waals surface area (Å²) in [5.41, 5.74) is 1.43. The Balaban J connectivity index is 1.50. The number of nitrogens with zero attached hydrogens (tertiary/aromatic N) is 2. The Bertz CT molecular complexity index is 1590. The summed E-state index contributed by atoms with van der Waals surface area (Å²) in [6, 6.07) is 19.1. The number of carbonyl (C=O) groups is 3. The molecule has 1 unspecified atom stereocenters. The molecule has 220 valence electrons. The lowest BCUT2D eigenvalue weighted by atomic mass is 9.94. The fraction of sp³-hybridized carbons (Fsp3) is 0.323. The van der Waals surface area contributed by atoms with Crippen LogP contribution in [0.3, 0.4) is 0 Å². The molecule has 3 aromatic rings. The third kappa shape index (κ3) is 6.48. The Morgan fingerprint density at radius 3 is 2.29 bits per heavy atom. The van der Waals surface area contributed by atoms with Crippen LogP contribution in [0.1, 0.15) is 53.6 Å². The Morgan fingerprint density at radius 2 is 1.60 bits per heavy atom. The minimum Gasteiger partial charge on any atom is -0.352 e. The average Bonchev–Trinajstić information content (AvgIpc) is 3.18. The highest BCUT2D eigenvalue weighted by molar-refractivity contribution is 7.90. The number of benzene rings is 3. The zero-order valence-corrected chi connectivity index (χ0v) is 25.2. The van der Waals surface area contributed by atoms with Gasteiger partial charge in [-0.1, -0.05) is 91.0 Å². The molecular formula is C31H31Cl2N3O5S. The molecule has 0 saturated heterocycles. The second-order valence-electron chi connectivity index (χ2n) is 10.6. The Hall–Kier alpha value is -3.40. The number of rotatable bonds is 9. The van der Waals surface area contributed by atoms with Crippen LogP contribution in [0, 0.1) is 0 Å². The monoisotopic (exact) mass is 627 g/mol. The molecule has 0 radical (unpaired) electrons. The highest BCUT2D eigenvalue weighted by atomic mass is 35.5. The first-order chi connectivity index (χ1) is 20.1. The zero-order valence-electron chi connectivity index (χ0n) is 22.8. The van der Waals surface area contributed by atoms with Crippen molar-refractivity contribution in [2.75, 3.05) is 6.54 Å². The molecule has 1 aliphatic heterocycles. The van der Waals surface area contributed by atoms with Gasteiger partial charge >= 0.3 is 0 Å². The van der Waals surface area contributed by atoms with E-state index in [4.69, 9.17) is 23.2 Å². The molecule has 5 rings (SSSR count). The highest BCUT2D eigenvalue weighted by Gasteiger charge is 2.43. The van der Waals surface area contributed by atoms with E-state index in [1.807, 2.05) is 30.3 Å². The van der Waals surface area contributed by atoms with Crippen LogP contribution in [-0.2, 0) is 32.6 Å². The first kappa shape index (κ1) is 30.1. The lowest BCUT2D eigenvalue weighted by Crippen LogP contribution is -2.55. The molecule has 8 nitrogen and oxygen atoms in total. The van der Waals surface area contributed by atoms with Gasteiger partial charge in [-0.05, 0) is 48.2 Å². The molecule has 1 saturated carbocycles. The summed E-state index contributed by atoms with van der Waals surface area (Å²) in [6.07, 6.45) is 5.02. The number of halogens is 2. The smallest absolute Gasteiger partial charge is 0.269 e. The number of hydrogen-bond donors (Lipinski definition) is 1. The minimum atomic E-state index is -4.24. The number of hydrogen-bond acceptors (Lipinski definition) is 5. The second kappa shape index (κ2) is 12.9. The molecule has 0 aromatic heterocycles. The van der Waals surface area contributed by atoms with Gasteiger partial charge in [0.25, 0.3) is 15.9 Å². The van der Waals surface area contributed by atoms with E-state index in [1.165, 1.54) is 23.1 Å². The molecular weight excluding hydrogens is 597 g/mol. The molecule has 11 heteroatoms. The molecule has 3 amide bonds. The van der Waals surface area contributed by atoms with Gasteiger partial charge < -0.3 is 10.2 Å². The predicted octanol–water partition coefficient (Wildman–Crippen LogP) is 5.23. The number of nitrogens with one attached hydrogen (secondary N) is 1. The number of carbonyl (C=O) groups excluding carboxylic acids is 3. The first-order valence-corrected chi connectivity index (χ1v) is 16.1. The molecule has 1 heterocycles. The van der Waals surface area contributed by atoms with E-state index in [-0.39, 0.29) is 40.4 Å². The van der Waals surface area contributed by atoms with Gasteiger partial charge in [-0.3, -0.25) is 14.4 Å². The van der Waals surface area contributed by atoms with E-state index in [9.17, 15) is 22.8 Å². The molecule has 2 aliphatic rings. The van der Waals surface area contributed by atoms with Crippen molar-refractivity contribution >= 4 is 50.9 Å². The summed E-state index contributed by atoms with van der Waals surface area (Å²) in [6.45, 7) is -0.806. The van der Waals surface area contributed by atoms with Crippen molar-refractivity contribution in [3.63, 3.8) is 0 Å². The van der Waals surface area contributed by atoms with E-state index < -0.39 is 34.4 Å². The van der Waals surface area contributed by atoms with Gasteiger partial charge in [0.05, 0.1) is 15.6 Å². The lowest BCUT2D eigenvalue weighted by molar-refractivity contribution is -0.141. The van der Waals surface area contributed by atoms with Gasteiger partial charge in [-0.15, -0.1) is 0 Å². The second-order valence-corrected chi connectivity index (χ2v) is 13.3. The molecule has 1 atom stereocenters. The summed E-state index contributed by atoms with van der Waals surface area (Å²) >= 11 is 12.4. The number of fused-ring (bicyclic) bond motifs is 1. The summed E-state index contributed by atoms with van der Waals surface area (Å²) in [7, 11) is -4.24. The Kier molecular flexibility index (Phi) is 9.20. The van der Waals surface area contributed by atoms with Crippen LogP contribution in [0.4, 0.5) is 0 Å². The fourth-order valence-electron chi connectivity index (χ4n) is 5.53. The number of sulfonamides is 1. The molecule has 1 fully saturated rings. The van der Waals surface area contributed by atoms with Gasteiger partial charge in [0.15, 0.2) is 0 Å². The molecule has 42 heavy (non-hydrogen) atoms. The molecule has 3 aromatic carbocycles. The topological polar surface area (TPSA) is 104 Å². The van der Waals surface area contributed by atoms with Crippen LogP contribution in [0.2, 0.25) is 10.0 Å². The van der Waals surface area contributed by atoms with E-state index in [1.54, 1.807) is 24.3 Å². The Labute approximate surface area is 255 Å². The largest absolute Gasteiger partial charge is 0.352 e. The van der Waals surface area contributed by atoms with Crippen molar-refractivity contribution < 1.29 is 22.8 Å².